The van der Waals surface area contributed by atoms with E-state index in [1.165, 1.54) is 0 Å². The van der Waals surface area contributed by atoms with Gasteiger partial charge in [-0.15, -0.1) is 0 Å². The lowest BCUT2D eigenvalue weighted by atomic mass is 10.1. The monoisotopic (exact) mass is 332 g/mol. The minimum Gasteiger partial charge on any atom is -0.319 e. The lowest BCUT2D eigenvalue weighted by molar-refractivity contribution is 0.451. The van der Waals surface area contributed by atoms with Crippen molar-refractivity contribution >= 4 is 26.0 Å². The summed E-state index contributed by atoms with van der Waals surface area (Å²) in [6, 6.07) is 6.97. The maximum atomic E-state index is 12.5. The van der Waals surface area contributed by atoms with Crippen LogP contribution in [-0.2, 0) is 10.0 Å². The van der Waals surface area contributed by atoms with Gasteiger partial charge in [0.2, 0.25) is 10.0 Å². The summed E-state index contributed by atoms with van der Waals surface area (Å²) in [6.07, 6.45) is 0.921. The Morgan fingerprint density at radius 3 is 2.83 bits per heavy atom. The third-order valence-electron chi connectivity index (χ3n) is 3.20. The van der Waals surface area contributed by atoms with Gasteiger partial charge in [-0.1, -0.05) is 12.1 Å². The average molecular weight is 333 g/mol. The van der Waals surface area contributed by atoms with Crippen molar-refractivity contribution in [2.24, 2.45) is 5.92 Å². The second kappa shape index (κ2) is 5.69. The molecular formula is C12H17BrN2O2S. The zero-order valence-corrected chi connectivity index (χ0v) is 12.7. The first-order valence-corrected chi connectivity index (χ1v) is 8.18. The zero-order valence-electron chi connectivity index (χ0n) is 10.3. The molecule has 0 aromatic heterocycles. The second-order valence-corrected chi connectivity index (χ2v) is 7.27. The Bertz CT molecular complexity index is 519. The summed E-state index contributed by atoms with van der Waals surface area (Å²) in [5.41, 5.74) is 0. The van der Waals surface area contributed by atoms with Gasteiger partial charge in [0, 0.05) is 17.6 Å². The SMILES string of the molecule is CNC[C@H]1CCN(S(=O)(=O)c2ccccc2Br)C1. The summed E-state index contributed by atoms with van der Waals surface area (Å²) < 4.78 is 27.2. The summed E-state index contributed by atoms with van der Waals surface area (Å²) in [5, 5.41) is 3.10. The molecule has 1 aliphatic heterocycles. The average Bonchev–Trinajstić information content (AvgIpc) is 2.79. The molecule has 1 aromatic carbocycles. The van der Waals surface area contributed by atoms with Crippen LogP contribution in [0.25, 0.3) is 0 Å². The highest BCUT2D eigenvalue weighted by molar-refractivity contribution is 9.10. The maximum absolute atomic E-state index is 12.5. The Morgan fingerprint density at radius 1 is 1.44 bits per heavy atom. The Balaban J connectivity index is 2.21. The van der Waals surface area contributed by atoms with Crippen LogP contribution < -0.4 is 5.32 Å². The van der Waals surface area contributed by atoms with Crippen molar-refractivity contribution in [3.05, 3.63) is 28.7 Å². The van der Waals surface area contributed by atoms with Gasteiger partial charge in [-0.3, -0.25) is 0 Å². The third kappa shape index (κ3) is 2.77. The van der Waals surface area contributed by atoms with Gasteiger partial charge in [0.05, 0.1) is 4.90 Å². The molecule has 0 spiro atoms. The minimum atomic E-state index is -3.36. The number of nitrogens with one attached hydrogen (secondary N) is 1. The van der Waals surface area contributed by atoms with Crippen LogP contribution in [0.15, 0.2) is 33.6 Å². The fraction of sp³-hybridized carbons (Fsp3) is 0.500. The molecule has 0 amide bonds. The molecule has 0 radical (unpaired) electrons. The lowest BCUT2D eigenvalue weighted by Gasteiger charge is -2.17. The van der Waals surface area contributed by atoms with Crippen LogP contribution >= 0.6 is 15.9 Å². The molecule has 1 heterocycles. The number of nitrogens with zero attached hydrogens (tertiary/aromatic N) is 1. The first kappa shape index (κ1) is 14.0. The number of hydrogen-bond acceptors (Lipinski definition) is 3. The van der Waals surface area contributed by atoms with E-state index in [9.17, 15) is 8.42 Å². The number of rotatable bonds is 4. The highest BCUT2D eigenvalue weighted by Gasteiger charge is 2.32. The van der Waals surface area contributed by atoms with Gasteiger partial charge in [-0.2, -0.15) is 4.31 Å². The molecule has 0 saturated carbocycles. The highest BCUT2D eigenvalue weighted by Crippen LogP contribution is 2.28. The van der Waals surface area contributed by atoms with Gasteiger partial charge in [-0.05, 0) is 54.0 Å². The molecule has 1 fully saturated rings. The Hall–Kier alpha value is -0.430. The van der Waals surface area contributed by atoms with Crippen LogP contribution in [0.3, 0.4) is 0 Å². The van der Waals surface area contributed by atoms with Gasteiger partial charge < -0.3 is 5.32 Å². The molecule has 0 aliphatic carbocycles. The maximum Gasteiger partial charge on any atom is 0.244 e. The van der Waals surface area contributed by atoms with E-state index in [1.54, 1.807) is 22.5 Å². The summed E-state index contributed by atoms with van der Waals surface area (Å²) >= 11 is 3.31. The van der Waals surface area contributed by atoms with Crippen molar-refractivity contribution in [3.8, 4) is 0 Å². The molecule has 18 heavy (non-hydrogen) atoms. The van der Waals surface area contributed by atoms with E-state index in [2.05, 4.69) is 21.2 Å². The van der Waals surface area contributed by atoms with Gasteiger partial charge in [0.25, 0.3) is 0 Å². The molecule has 1 aliphatic rings. The second-order valence-electron chi connectivity index (χ2n) is 4.51. The minimum absolute atomic E-state index is 0.357. The molecule has 2 rings (SSSR count). The first-order chi connectivity index (χ1) is 8.55. The predicted octanol–water partition coefficient (Wildman–Crippen LogP) is 1.68. The quantitative estimate of drug-likeness (QED) is 0.912. The number of hydrogen-bond donors (Lipinski definition) is 1. The van der Waals surface area contributed by atoms with E-state index in [4.69, 9.17) is 0 Å². The van der Waals surface area contributed by atoms with Gasteiger partial charge in [-0.25, -0.2) is 8.42 Å². The van der Waals surface area contributed by atoms with Crippen molar-refractivity contribution in [2.75, 3.05) is 26.7 Å². The van der Waals surface area contributed by atoms with E-state index in [0.29, 0.717) is 28.4 Å². The number of benzene rings is 1. The molecule has 4 nitrogen and oxygen atoms in total. The van der Waals surface area contributed by atoms with Gasteiger partial charge >= 0.3 is 0 Å². The molecule has 6 heteroatoms. The molecule has 1 aromatic rings. The van der Waals surface area contributed by atoms with Crippen LogP contribution in [0.2, 0.25) is 0 Å². The Labute approximate surface area is 117 Å². The van der Waals surface area contributed by atoms with Gasteiger partial charge in [0.15, 0.2) is 0 Å². The van der Waals surface area contributed by atoms with E-state index in [1.807, 2.05) is 13.1 Å². The van der Waals surface area contributed by atoms with E-state index in [-0.39, 0.29) is 0 Å². The first-order valence-electron chi connectivity index (χ1n) is 5.95. The fourth-order valence-electron chi connectivity index (χ4n) is 2.26. The Kier molecular flexibility index (Phi) is 4.42. The van der Waals surface area contributed by atoms with Gasteiger partial charge in [0.1, 0.15) is 0 Å². The highest BCUT2D eigenvalue weighted by atomic mass is 79.9. The van der Waals surface area contributed by atoms with Crippen LogP contribution in [-0.4, -0.2) is 39.4 Å². The van der Waals surface area contributed by atoms with E-state index in [0.717, 1.165) is 13.0 Å². The van der Waals surface area contributed by atoms with Crippen molar-refractivity contribution in [1.82, 2.24) is 9.62 Å². The van der Waals surface area contributed by atoms with Crippen molar-refractivity contribution in [3.63, 3.8) is 0 Å². The largest absolute Gasteiger partial charge is 0.319 e. The summed E-state index contributed by atoms with van der Waals surface area (Å²) in [4.78, 5) is 0.357. The predicted molar refractivity (Wildman–Crippen MR) is 74.9 cm³/mol. The lowest BCUT2D eigenvalue weighted by Crippen LogP contribution is -2.30. The molecule has 100 valence electrons. The van der Waals surface area contributed by atoms with Crippen LogP contribution in [0.1, 0.15) is 6.42 Å². The van der Waals surface area contributed by atoms with E-state index >= 15 is 0 Å². The standard InChI is InChI=1S/C12H17BrN2O2S/c1-14-8-10-6-7-15(9-10)18(16,17)12-5-3-2-4-11(12)13/h2-5,10,14H,6-9H2,1H3/t10-/m1/s1. The third-order valence-corrected chi connectivity index (χ3v) is 6.07. The summed E-state index contributed by atoms with van der Waals surface area (Å²) in [5.74, 6) is 0.410. The molecular weight excluding hydrogens is 316 g/mol. The number of sulfonamides is 1. The Morgan fingerprint density at radius 2 is 2.17 bits per heavy atom. The smallest absolute Gasteiger partial charge is 0.244 e. The topological polar surface area (TPSA) is 49.4 Å². The van der Waals surface area contributed by atoms with Crippen LogP contribution in [0, 0.1) is 5.92 Å². The van der Waals surface area contributed by atoms with Crippen molar-refractivity contribution in [2.45, 2.75) is 11.3 Å². The molecule has 1 atom stereocenters. The molecule has 0 unspecified atom stereocenters. The van der Waals surface area contributed by atoms with Crippen LogP contribution in [0.4, 0.5) is 0 Å². The fourth-order valence-corrected chi connectivity index (χ4v) is 4.76. The summed E-state index contributed by atoms with van der Waals surface area (Å²) in [6.45, 7) is 2.07. The van der Waals surface area contributed by atoms with Crippen molar-refractivity contribution < 1.29 is 8.42 Å². The van der Waals surface area contributed by atoms with E-state index < -0.39 is 10.0 Å². The molecule has 1 N–H and O–H groups in total. The van der Waals surface area contributed by atoms with Crippen LogP contribution in [0.5, 0.6) is 0 Å². The normalized spacial score (nSPS) is 21.3. The zero-order chi connectivity index (χ0) is 13.2. The molecule has 1 saturated heterocycles. The summed E-state index contributed by atoms with van der Waals surface area (Å²) in [7, 11) is -1.47. The molecule has 0 bridgehead atoms. The number of halogens is 1. The van der Waals surface area contributed by atoms with Crippen molar-refractivity contribution in [1.29, 1.82) is 0 Å².